The van der Waals surface area contributed by atoms with Crippen molar-refractivity contribution in [3.8, 4) is 0 Å². The van der Waals surface area contributed by atoms with Crippen molar-refractivity contribution in [1.29, 1.82) is 0 Å². The molecule has 5 heteroatoms. The number of amides is 2. The van der Waals surface area contributed by atoms with E-state index in [1.54, 1.807) is 4.90 Å². The number of nitrogens with one attached hydrogen (secondary N) is 1. The molecule has 0 radical (unpaired) electrons. The van der Waals surface area contributed by atoms with Gasteiger partial charge in [-0.15, -0.1) is 0 Å². The van der Waals surface area contributed by atoms with Crippen molar-refractivity contribution in [3.05, 3.63) is 71.8 Å². The van der Waals surface area contributed by atoms with Crippen molar-refractivity contribution in [3.63, 3.8) is 0 Å². The summed E-state index contributed by atoms with van der Waals surface area (Å²) in [7, 11) is 0. The second-order valence-electron chi connectivity index (χ2n) is 9.38. The van der Waals surface area contributed by atoms with Gasteiger partial charge in [0.15, 0.2) is 0 Å². The fourth-order valence-corrected chi connectivity index (χ4v) is 4.81. The Balaban J connectivity index is 1.44. The Morgan fingerprint density at radius 3 is 2.38 bits per heavy atom. The third-order valence-electron chi connectivity index (χ3n) is 6.81. The number of hydrogen-bond acceptors (Lipinski definition) is 3. The maximum absolute atomic E-state index is 13.4. The van der Waals surface area contributed by atoms with E-state index in [0.29, 0.717) is 11.6 Å². The van der Waals surface area contributed by atoms with Crippen molar-refractivity contribution in [1.82, 2.24) is 10.2 Å². The van der Waals surface area contributed by atoms with E-state index in [1.165, 1.54) is 5.56 Å². The van der Waals surface area contributed by atoms with Gasteiger partial charge in [-0.1, -0.05) is 67.6 Å². The predicted molar refractivity (Wildman–Crippen MR) is 127 cm³/mol. The van der Waals surface area contributed by atoms with Gasteiger partial charge in [-0.3, -0.25) is 14.6 Å². The average Bonchev–Trinajstić information content (AvgIpc) is 3.07. The van der Waals surface area contributed by atoms with E-state index < -0.39 is 5.66 Å². The van der Waals surface area contributed by atoms with Gasteiger partial charge < -0.3 is 10.2 Å². The lowest BCUT2D eigenvalue weighted by atomic mass is 9.82. The van der Waals surface area contributed by atoms with Crippen LogP contribution in [0.5, 0.6) is 0 Å². The lowest BCUT2D eigenvalue weighted by molar-refractivity contribution is -0.136. The first-order valence-electron chi connectivity index (χ1n) is 11.8. The summed E-state index contributed by atoms with van der Waals surface area (Å²) in [6.07, 6.45) is 5.43. The third-order valence-corrected chi connectivity index (χ3v) is 6.81. The van der Waals surface area contributed by atoms with Crippen LogP contribution < -0.4 is 5.32 Å². The van der Waals surface area contributed by atoms with Gasteiger partial charge in [0.05, 0.1) is 0 Å². The van der Waals surface area contributed by atoms with E-state index in [2.05, 4.69) is 24.4 Å². The molecule has 1 aliphatic carbocycles. The molecule has 32 heavy (non-hydrogen) atoms. The summed E-state index contributed by atoms with van der Waals surface area (Å²) < 4.78 is 0. The van der Waals surface area contributed by atoms with Gasteiger partial charge in [-0.2, -0.15) is 0 Å². The van der Waals surface area contributed by atoms with E-state index >= 15 is 0 Å². The quantitative estimate of drug-likeness (QED) is 0.708. The van der Waals surface area contributed by atoms with E-state index in [0.717, 1.165) is 44.1 Å². The maximum Gasteiger partial charge on any atom is 0.275 e. The molecule has 2 aliphatic rings. The molecule has 1 atom stereocenters. The minimum absolute atomic E-state index is 0.0391. The molecule has 1 aliphatic heterocycles. The van der Waals surface area contributed by atoms with Crippen LogP contribution in [0.3, 0.4) is 0 Å². The Hall–Kier alpha value is -2.95. The SMILES string of the molecule is CC1CCC2(CC1)N=C(c1ccccc1)C(=O)N2CC(=O)NC(C)CCc1ccccc1. The fourth-order valence-electron chi connectivity index (χ4n) is 4.81. The maximum atomic E-state index is 13.4. The standard InChI is InChI=1S/C27H33N3O2/c1-20-15-17-27(18-16-20)29-25(23-11-7-4-8-12-23)26(32)30(27)19-24(31)28-21(2)13-14-22-9-5-3-6-10-22/h3-12,20-21H,13-19H2,1-2H3,(H,28,31). The molecular weight excluding hydrogens is 398 g/mol. The topological polar surface area (TPSA) is 61.8 Å². The van der Waals surface area contributed by atoms with Gasteiger partial charge in [-0.05, 0) is 56.9 Å². The highest BCUT2D eigenvalue weighted by atomic mass is 16.2. The van der Waals surface area contributed by atoms with Crippen molar-refractivity contribution in [2.24, 2.45) is 10.9 Å². The summed E-state index contributed by atoms with van der Waals surface area (Å²) in [5.41, 5.74) is 2.00. The van der Waals surface area contributed by atoms with Gasteiger partial charge >= 0.3 is 0 Å². The molecule has 0 aromatic heterocycles. The van der Waals surface area contributed by atoms with Crippen LogP contribution in [0.2, 0.25) is 0 Å². The summed E-state index contributed by atoms with van der Waals surface area (Å²) in [6, 6.07) is 19.9. The number of aliphatic imine (C=N–C) groups is 1. The van der Waals surface area contributed by atoms with Crippen molar-refractivity contribution < 1.29 is 9.59 Å². The molecular formula is C27H33N3O2. The van der Waals surface area contributed by atoms with E-state index in [1.807, 2.05) is 55.5 Å². The molecule has 1 N–H and O–H groups in total. The zero-order valence-corrected chi connectivity index (χ0v) is 19.1. The summed E-state index contributed by atoms with van der Waals surface area (Å²) in [6.45, 7) is 4.33. The van der Waals surface area contributed by atoms with Gasteiger partial charge in [-0.25, -0.2) is 0 Å². The fraction of sp³-hybridized carbons (Fsp3) is 0.444. The average molecular weight is 432 g/mol. The molecule has 0 saturated heterocycles. The Morgan fingerprint density at radius 1 is 1.09 bits per heavy atom. The number of nitrogens with zero attached hydrogens (tertiary/aromatic N) is 2. The molecule has 168 valence electrons. The Bertz CT molecular complexity index is 963. The zero-order chi connectivity index (χ0) is 22.6. The summed E-state index contributed by atoms with van der Waals surface area (Å²) >= 11 is 0. The van der Waals surface area contributed by atoms with Crippen molar-refractivity contribution in [2.75, 3.05) is 6.54 Å². The second kappa shape index (κ2) is 9.68. The number of benzene rings is 2. The number of rotatable bonds is 7. The normalized spacial score (nSPS) is 23.8. The number of hydrogen-bond donors (Lipinski definition) is 1. The molecule has 4 rings (SSSR count). The third kappa shape index (κ3) is 4.93. The molecule has 1 fully saturated rings. The Kier molecular flexibility index (Phi) is 6.73. The van der Waals surface area contributed by atoms with Crippen LogP contribution in [0.15, 0.2) is 65.7 Å². The summed E-state index contributed by atoms with van der Waals surface area (Å²) in [4.78, 5) is 33.1. The van der Waals surface area contributed by atoms with Gasteiger partial charge in [0.2, 0.25) is 5.91 Å². The highest BCUT2D eigenvalue weighted by Crippen LogP contribution is 2.41. The largest absolute Gasteiger partial charge is 0.352 e. The molecule has 1 unspecified atom stereocenters. The summed E-state index contributed by atoms with van der Waals surface area (Å²) in [5, 5.41) is 3.10. The monoisotopic (exact) mass is 431 g/mol. The number of carbonyl (C=O) groups is 2. The van der Waals surface area contributed by atoms with Gasteiger partial charge in [0.1, 0.15) is 17.9 Å². The first-order valence-corrected chi connectivity index (χ1v) is 11.8. The van der Waals surface area contributed by atoms with Crippen LogP contribution in [0.25, 0.3) is 0 Å². The lowest BCUT2D eigenvalue weighted by Crippen LogP contribution is -2.53. The first-order chi connectivity index (χ1) is 15.5. The highest BCUT2D eigenvalue weighted by Gasteiger charge is 2.49. The predicted octanol–water partition coefficient (Wildman–Crippen LogP) is 4.36. The van der Waals surface area contributed by atoms with Crippen molar-refractivity contribution in [2.45, 2.75) is 64.1 Å². The summed E-state index contributed by atoms with van der Waals surface area (Å²) in [5.74, 6) is 0.389. The van der Waals surface area contributed by atoms with Crippen LogP contribution >= 0.6 is 0 Å². The molecule has 1 saturated carbocycles. The minimum Gasteiger partial charge on any atom is -0.352 e. The van der Waals surface area contributed by atoms with Gasteiger partial charge in [0, 0.05) is 11.6 Å². The highest BCUT2D eigenvalue weighted by molar-refractivity contribution is 6.47. The van der Waals surface area contributed by atoms with E-state index in [4.69, 9.17) is 4.99 Å². The van der Waals surface area contributed by atoms with E-state index in [9.17, 15) is 9.59 Å². The molecule has 2 amide bonds. The molecule has 2 aromatic carbocycles. The van der Waals surface area contributed by atoms with Crippen LogP contribution in [0, 0.1) is 5.92 Å². The van der Waals surface area contributed by atoms with E-state index in [-0.39, 0.29) is 24.4 Å². The van der Waals surface area contributed by atoms with Crippen LogP contribution in [0.1, 0.15) is 57.1 Å². The molecule has 1 spiro atoms. The minimum atomic E-state index is -0.584. The van der Waals surface area contributed by atoms with Crippen LogP contribution in [-0.2, 0) is 16.0 Å². The molecule has 1 heterocycles. The molecule has 5 nitrogen and oxygen atoms in total. The first kappa shape index (κ1) is 22.3. The van der Waals surface area contributed by atoms with Gasteiger partial charge in [0.25, 0.3) is 5.91 Å². The molecule has 2 aromatic rings. The zero-order valence-electron chi connectivity index (χ0n) is 19.1. The Morgan fingerprint density at radius 2 is 1.72 bits per heavy atom. The lowest BCUT2D eigenvalue weighted by Gasteiger charge is -2.40. The van der Waals surface area contributed by atoms with Crippen LogP contribution in [-0.4, -0.2) is 40.7 Å². The van der Waals surface area contributed by atoms with Crippen LogP contribution in [0.4, 0.5) is 0 Å². The molecule has 0 bridgehead atoms. The van der Waals surface area contributed by atoms with Crippen molar-refractivity contribution >= 4 is 17.5 Å². The number of carbonyl (C=O) groups excluding carboxylic acids is 2. The smallest absolute Gasteiger partial charge is 0.275 e. The second-order valence-corrected chi connectivity index (χ2v) is 9.38. The number of aryl methyl sites for hydroxylation is 1. The Labute approximate surface area is 190 Å².